The number of hydrogen-bond donors (Lipinski definition) is 1. The summed E-state index contributed by atoms with van der Waals surface area (Å²) in [4.78, 5) is 27.6. The van der Waals surface area contributed by atoms with Crippen LogP contribution in [-0.4, -0.2) is 28.5 Å². The molecular formula is C22H25N3O4. The highest BCUT2D eigenvalue weighted by Gasteiger charge is 2.39. The minimum absolute atomic E-state index is 0.406. The van der Waals surface area contributed by atoms with Gasteiger partial charge in [-0.2, -0.15) is 4.79 Å². The summed E-state index contributed by atoms with van der Waals surface area (Å²) in [5.74, 6) is 0.00399. The molecule has 2 aromatic carbocycles. The molecule has 0 spiro atoms. The molecule has 1 N–H and O–H groups in total. The standard InChI is InChI=1S/C22H25N3O4/c1-21(2,3)29-20(27)25-22(4,19(26)14-24-23)17-10-12-18(13-11-17)28-15-16-8-6-5-7-9-16/h5-14H,15H2,1-4H3,(H,25,27)/t22-/m1/s1. The summed E-state index contributed by atoms with van der Waals surface area (Å²) >= 11 is 0. The van der Waals surface area contributed by atoms with Crippen LogP contribution in [0.2, 0.25) is 0 Å². The molecule has 0 radical (unpaired) electrons. The lowest BCUT2D eigenvalue weighted by Gasteiger charge is -2.29. The maximum atomic E-state index is 12.6. The Bertz CT molecular complexity index is 898. The number of carbonyl (C=O) groups excluding carboxylic acids is 2. The molecular weight excluding hydrogens is 370 g/mol. The lowest BCUT2D eigenvalue weighted by molar-refractivity contribution is -0.121. The van der Waals surface area contributed by atoms with Gasteiger partial charge in [0, 0.05) is 0 Å². The first-order valence-corrected chi connectivity index (χ1v) is 9.14. The molecule has 152 valence electrons. The van der Waals surface area contributed by atoms with E-state index in [0.29, 0.717) is 17.9 Å². The molecule has 0 heterocycles. The molecule has 1 amide bonds. The highest BCUT2D eigenvalue weighted by Crippen LogP contribution is 2.25. The smallest absolute Gasteiger partial charge is 0.408 e. The lowest BCUT2D eigenvalue weighted by atomic mass is 9.88. The van der Waals surface area contributed by atoms with Crippen molar-refractivity contribution in [2.24, 2.45) is 0 Å². The van der Waals surface area contributed by atoms with Crippen LogP contribution in [0.1, 0.15) is 38.8 Å². The number of Topliss-reactive ketones (excluding diaryl/α,β-unsaturated/α-hetero) is 1. The van der Waals surface area contributed by atoms with Crippen molar-refractivity contribution in [1.29, 1.82) is 0 Å². The number of nitrogens with zero attached hydrogens (tertiary/aromatic N) is 2. The van der Waals surface area contributed by atoms with Crippen LogP contribution in [0.4, 0.5) is 4.79 Å². The van der Waals surface area contributed by atoms with Crippen molar-refractivity contribution in [3.8, 4) is 5.75 Å². The van der Waals surface area contributed by atoms with Crippen molar-refractivity contribution in [3.63, 3.8) is 0 Å². The van der Waals surface area contributed by atoms with Crippen LogP contribution in [-0.2, 0) is 21.7 Å². The third kappa shape index (κ3) is 6.30. The topological polar surface area (TPSA) is 101 Å². The second-order valence-corrected chi connectivity index (χ2v) is 7.66. The SMILES string of the molecule is CC(C)(C)OC(=O)N[C@@](C)(C(=O)C=[N+]=[N-])c1ccc(OCc2ccccc2)cc1. The number of rotatable bonds is 7. The van der Waals surface area contributed by atoms with Gasteiger partial charge in [0.2, 0.25) is 0 Å². The highest BCUT2D eigenvalue weighted by atomic mass is 16.6. The number of nitrogens with one attached hydrogen (secondary N) is 1. The fraction of sp³-hybridized carbons (Fsp3) is 0.318. The number of alkyl carbamates (subject to hydrolysis) is 1. The molecule has 0 aliphatic rings. The second-order valence-electron chi connectivity index (χ2n) is 7.66. The summed E-state index contributed by atoms with van der Waals surface area (Å²) in [5.41, 5.74) is 8.08. The van der Waals surface area contributed by atoms with Gasteiger partial charge in [-0.3, -0.25) is 4.79 Å². The van der Waals surface area contributed by atoms with Crippen LogP contribution < -0.4 is 10.1 Å². The Balaban J connectivity index is 2.20. The van der Waals surface area contributed by atoms with E-state index < -0.39 is 23.0 Å². The van der Waals surface area contributed by atoms with Gasteiger partial charge in [0.25, 0.3) is 5.78 Å². The minimum Gasteiger partial charge on any atom is -0.489 e. The van der Waals surface area contributed by atoms with Crippen molar-refractivity contribution < 1.29 is 23.9 Å². The van der Waals surface area contributed by atoms with Crippen molar-refractivity contribution >= 4 is 18.1 Å². The molecule has 7 nitrogen and oxygen atoms in total. The van der Waals surface area contributed by atoms with Crippen molar-refractivity contribution in [3.05, 3.63) is 71.3 Å². The van der Waals surface area contributed by atoms with E-state index >= 15 is 0 Å². The van der Waals surface area contributed by atoms with Crippen LogP contribution in [0.5, 0.6) is 5.75 Å². The molecule has 0 saturated carbocycles. The lowest BCUT2D eigenvalue weighted by Crippen LogP contribution is -2.51. The Kier molecular flexibility index (Phi) is 6.91. The Hall–Kier alpha value is -3.44. The van der Waals surface area contributed by atoms with Gasteiger partial charge in [-0.15, -0.1) is 0 Å². The summed E-state index contributed by atoms with van der Waals surface area (Å²) in [7, 11) is 0. The van der Waals surface area contributed by atoms with E-state index in [1.54, 1.807) is 45.0 Å². The molecule has 0 aliphatic carbocycles. The second kappa shape index (κ2) is 9.17. The molecule has 0 aliphatic heterocycles. The molecule has 0 fully saturated rings. The maximum absolute atomic E-state index is 12.6. The van der Waals surface area contributed by atoms with Crippen molar-refractivity contribution in [2.45, 2.75) is 45.4 Å². The summed E-state index contributed by atoms with van der Waals surface area (Å²) in [6.45, 7) is 7.09. The molecule has 29 heavy (non-hydrogen) atoms. The van der Waals surface area contributed by atoms with Gasteiger partial charge < -0.3 is 20.3 Å². The van der Waals surface area contributed by atoms with Gasteiger partial charge in [0.05, 0.1) is 0 Å². The van der Waals surface area contributed by atoms with E-state index in [4.69, 9.17) is 15.0 Å². The number of ketones is 1. The Morgan fingerprint density at radius 1 is 1.03 bits per heavy atom. The normalized spacial score (nSPS) is 12.8. The minimum atomic E-state index is -1.48. The van der Waals surface area contributed by atoms with E-state index in [0.717, 1.165) is 11.8 Å². The zero-order chi connectivity index (χ0) is 21.5. The summed E-state index contributed by atoms with van der Waals surface area (Å²) in [6, 6.07) is 16.5. The highest BCUT2D eigenvalue weighted by molar-refractivity contribution is 6.29. The average molecular weight is 395 g/mol. The summed E-state index contributed by atoms with van der Waals surface area (Å²) in [6.07, 6.45) is -0.0129. The molecule has 2 rings (SSSR count). The maximum Gasteiger partial charge on any atom is 0.408 e. The quantitative estimate of drug-likeness (QED) is 0.437. The van der Waals surface area contributed by atoms with Crippen LogP contribution in [0, 0.1) is 0 Å². The van der Waals surface area contributed by atoms with Crippen LogP contribution >= 0.6 is 0 Å². The number of ether oxygens (including phenoxy) is 2. The zero-order valence-corrected chi connectivity index (χ0v) is 17.0. The Morgan fingerprint density at radius 3 is 2.21 bits per heavy atom. The van der Waals surface area contributed by atoms with E-state index in [-0.39, 0.29) is 0 Å². The van der Waals surface area contributed by atoms with Gasteiger partial charge in [-0.25, -0.2) is 4.79 Å². The Morgan fingerprint density at radius 2 is 1.66 bits per heavy atom. The van der Waals surface area contributed by atoms with E-state index in [9.17, 15) is 9.59 Å². The predicted molar refractivity (Wildman–Crippen MR) is 109 cm³/mol. The number of carbonyl (C=O) groups is 2. The van der Waals surface area contributed by atoms with Crippen LogP contribution in [0.25, 0.3) is 5.53 Å². The van der Waals surface area contributed by atoms with Crippen LogP contribution in [0.15, 0.2) is 54.6 Å². The van der Waals surface area contributed by atoms with E-state index in [1.165, 1.54) is 6.92 Å². The predicted octanol–water partition coefficient (Wildman–Crippen LogP) is 3.88. The molecule has 0 bridgehead atoms. The number of hydrogen-bond acceptors (Lipinski definition) is 4. The number of amides is 1. The zero-order valence-electron chi connectivity index (χ0n) is 17.0. The van der Waals surface area contributed by atoms with Gasteiger partial charge >= 0.3 is 12.3 Å². The van der Waals surface area contributed by atoms with Gasteiger partial charge in [0.1, 0.15) is 23.5 Å². The molecule has 1 atom stereocenters. The van der Waals surface area contributed by atoms with Crippen molar-refractivity contribution in [1.82, 2.24) is 5.32 Å². The first kappa shape index (κ1) is 21.9. The van der Waals surface area contributed by atoms with Crippen molar-refractivity contribution in [2.75, 3.05) is 0 Å². The van der Waals surface area contributed by atoms with Gasteiger partial charge in [-0.1, -0.05) is 42.5 Å². The summed E-state index contributed by atoms with van der Waals surface area (Å²) in [5, 5.41) is 2.57. The average Bonchev–Trinajstić information content (AvgIpc) is 2.66. The molecule has 0 saturated heterocycles. The fourth-order valence-electron chi connectivity index (χ4n) is 2.59. The molecule has 2 aromatic rings. The van der Waals surface area contributed by atoms with E-state index in [1.807, 2.05) is 30.3 Å². The third-order valence-electron chi connectivity index (χ3n) is 4.10. The van der Waals surface area contributed by atoms with Gasteiger partial charge in [0.15, 0.2) is 0 Å². The molecule has 0 unspecified atom stereocenters. The monoisotopic (exact) mass is 395 g/mol. The first-order chi connectivity index (χ1) is 13.6. The van der Waals surface area contributed by atoms with Gasteiger partial charge in [-0.05, 0) is 51.0 Å². The summed E-state index contributed by atoms with van der Waals surface area (Å²) < 4.78 is 11.0. The molecule has 7 heteroatoms. The largest absolute Gasteiger partial charge is 0.489 e. The Labute approximate surface area is 170 Å². The number of benzene rings is 2. The molecule has 0 aromatic heterocycles. The first-order valence-electron chi connectivity index (χ1n) is 9.14. The fourth-order valence-corrected chi connectivity index (χ4v) is 2.59. The van der Waals surface area contributed by atoms with Crippen LogP contribution in [0.3, 0.4) is 0 Å². The van der Waals surface area contributed by atoms with E-state index in [2.05, 4.69) is 10.1 Å². The third-order valence-corrected chi connectivity index (χ3v) is 4.10.